The molecule has 0 aromatic heterocycles. The van der Waals surface area contributed by atoms with Crippen molar-refractivity contribution in [2.24, 2.45) is 11.8 Å². The number of hydrogen-bond donors (Lipinski definition) is 0. The SMILES string of the molecule is Cc1ccc(S(=O)(=O)OCC2C3c4ccccc4C(c4ccccc43)C2C)cc1. The van der Waals surface area contributed by atoms with Crippen molar-refractivity contribution < 1.29 is 12.6 Å². The summed E-state index contributed by atoms with van der Waals surface area (Å²) in [6.45, 7) is 4.36. The zero-order chi connectivity index (χ0) is 20.2. The van der Waals surface area contributed by atoms with Crippen LogP contribution in [0.3, 0.4) is 0 Å². The van der Waals surface area contributed by atoms with Gasteiger partial charge in [-0.25, -0.2) is 0 Å². The van der Waals surface area contributed by atoms with Gasteiger partial charge in [-0.05, 0) is 53.1 Å². The molecule has 0 saturated heterocycles. The van der Waals surface area contributed by atoms with Gasteiger partial charge < -0.3 is 0 Å². The molecule has 0 aliphatic heterocycles. The van der Waals surface area contributed by atoms with Gasteiger partial charge in [-0.15, -0.1) is 0 Å². The molecule has 148 valence electrons. The van der Waals surface area contributed by atoms with E-state index in [1.165, 1.54) is 22.3 Å². The molecule has 3 aromatic carbocycles. The maximum Gasteiger partial charge on any atom is 0.296 e. The van der Waals surface area contributed by atoms with Gasteiger partial charge in [0.25, 0.3) is 10.1 Å². The molecular formula is C25H24O3S. The summed E-state index contributed by atoms with van der Waals surface area (Å²) in [6, 6.07) is 24.0. The van der Waals surface area contributed by atoms with Gasteiger partial charge in [-0.1, -0.05) is 73.2 Å². The second-order valence-electron chi connectivity index (χ2n) is 8.29. The molecule has 0 spiro atoms. The zero-order valence-corrected chi connectivity index (χ0v) is 17.4. The lowest BCUT2D eigenvalue weighted by molar-refractivity contribution is 0.157. The van der Waals surface area contributed by atoms with Crippen LogP contribution in [0.25, 0.3) is 0 Å². The van der Waals surface area contributed by atoms with Crippen molar-refractivity contribution in [1.29, 1.82) is 0 Å². The van der Waals surface area contributed by atoms with E-state index in [0.717, 1.165) is 5.56 Å². The molecule has 0 saturated carbocycles. The van der Waals surface area contributed by atoms with Crippen LogP contribution in [0.2, 0.25) is 0 Å². The van der Waals surface area contributed by atoms with Crippen molar-refractivity contribution in [1.82, 2.24) is 0 Å². The Hall–Kier alpha value is -2.43. The molecule has 3 aliphatic rings. The van der Waals surface area contributed by atoms with E-state index in [1.54, 1.807) is 24.3 Å². The summed E-state index contributed by atoms with van der Waals surface area (Å²) in [5.41, 5.74) is 6.41. The molecule has 3 nitrogen and oxygen atoms in total. The average Bonchev–Trinajstić information content (AvgIpc) is 2.73. The van der Waals surface area contributed by atoms with Gasteiger partial charge in [0.1, 0.15) is 0 Å². The summed E-state index contributed by atoms with van der Waals surface area (Å²) in [5.74, 6) is 0.863. The minimum absolute atomic E-state index is 0.116. The Morgan fingerprint density at radius 2 is 1.24 bits per heavy atom. The Kier molecular flexibility index (Phi) is 4.37. The molecule has 0 N–H and O–H groups in total. The van der Waals surface area contributed by atoms with Crippen LogP contribution in [0.1, 0.15) is 46.6 Å². The van der Waals surface area contributed by atoms with E-state index in [1.807, 2.05) is 6.92 Å². The molecule has 0 fully saturated rings. The van der Waals surface area contributed by atoms with Crippen LogP contribution in [-0.2, 0) is 14.3 Å². The third kappa shape index (κ3) is 2.93. The van der Waals surface area contributed by atoms with E-state index in [4.69, 9.17) is 4.18 Å². The predicted octanol–water partition coefficient (Wildman–Crippen LogP) is 5.24. The highest BCUT2D eigenvalue weighted by Crippen LogP contribution is 2.58. The number of hydrogen-bond acceptors (Lipinski definition) is 3. The molecule has 2 unspecified atom stereocenters. The van der Waals surface area contributed by atoms with Crippen LogP contribution in [0.4, 0.5) is 0 Å². The summed E-state index contributed by atoms with van der Waals surface area (Å²) in [6.07, 6.45) is 0. The second-order valence-corrected chi connectivity index (χ2v) is 9.90. The van der Waals surface area contributed by atoms with Crippen LogP contribution in [0.5, 0.6) is 0 Å². The molecule has 0 heterocycles. The fourth-order valence-corrected chi connectivity index (χ4v) is 6.20. The summed E-state index contributed by atoms with van der Waals surface area (Å²) in [7, 11) is -3.77. The van der Waals surface area contributed by atoms with E-state index >= 15 is 0 Å². The zero-order valence-electron chi connectivity index (χ0n) is 16.6. The van der Waals surface area contributed by atoms with Crippen molar-refractivity contribution in [2.45, 2.75) is 30.6 Å². The fraction of sp³-hybridized carbons (Fsp3) is 0.280. The Morgan fingerprint density at radius 1 is 0.759 bits per heavy atom. The highest BCUT2D eigenvalue weighted by atomic mass is 32.2. The molecule has 6 rings (SSSR count). The van der Waals surface area contributed by atoms with E-state index in [-0.39, 0.29) is 29.3 Å². The van der Waals surface area contributed by atoms with Crippen molar-refractivity contribution in [3.63, 3.8) is 0 Å². The Bertz CT molecular complexity index is 1120. The van der Waals surface area contributed by atoms with E-state index < -0.39 is 10.1 Å². The van der Waals surface area contributed by atoms with Gasteiger partial charge >= 0.3 is 0 Å². The number of rotatable bonds is 4. The van der Waals surface area contributed by atoms with Gasteiger partial charge in [0.05, 0.1) is 11.5 Å². The highest BCUT2D eigenvalue weighted by molar-refractivity contribution is 7.86. The monoisotopic (exact) mass is 404 g/mol. The summed E-state index contributed by atoms with van der Waals surface area (Å²) in [4.78, 5) is 0.220. The standard InChI is InChI=1S/C25H24O3S/c1-16-11-13-18(14-12-16)29(26,27)28-15-23-17(2)24-19-7-3-5-9-21(19)25(23)22-10-6-4-8-20(22)24/h3-14,17,23-25H,15H2,1-2H3. The quantitative estimate of drug-likeness (QED) is 0.558. The van der Waals surface area contributed by atoms with Crippen LogP contribution >= 0.6 is 0 Å². The first-order valence-corrected chi connectivity index (χ1v) is 11.5. The number of aryl methyl sites for hydroxylation is 1. The fourth-order valence-electron chi connectivity index (χ4n) is 5.26. The Balaban J connectivity index is 1.50. The lowest BCUT2D eigenvalue weighted by Crippen LogP contribution is -2.41. The van der Waals surface area contributed by atoms with Crippen LogP contribution in [0.15, 0.2) is 77.7 Å². The van der Waals surface area contributed by atoms with Gasteiger partial charge in [0.15, 0.2) is 0 Å². The third-order valence-electron chi connectivity index (χ3n) is 6.69. The van der Waals surface area contributed by atoms with Crippen molar-refractivity contribution >= 4 is 10.1 Å². The summed E-state index contributed by atoms with van der Waals surface area (Å²) < 4.78 is 31.2. The van der Waals surface area contributed by atoms with Gasteiger partial charge in [-0.3, -0.25) is 4.18 Å². The Morgan fingerprint density at radius 3 is 1.76 bits per heavy atom. The first-order valence-electron chi connectivity index (χ1n) is 10.1. The topological polar surface area (TPSA) is 43.4 Å². The summed E-state index contributed by atoms with van der Waals surface area (Å²) in [5, 5.41) is 0. The number of benzene rings is 3. The molecular weight excluding hydrogens is 380 g/mol. The minimum atomic E-state index is -3.77. The molecule has 2 atom stereocenters. The highest BCUT2D eigenvalue weighted by Gasteiger charge is 2.48. The van der Waals surface area contributed by atoms with Crippen molar-refractivity contribution in [2.75, 3.05) is 6.61 Å². The molecule has 29 heavy (non-hydrogen) atoms. The van der Waals surface area contributed by atoms with Gasteiger partial charge in [-0.2, -0.15) is 8.42 Å². The first-order chi connectivity index (χ1) is 14.0. The minimum Gasteiger partial charge on any atom is -0.266 e. The number of fused-ring (bicyclic) bond motifs is 1. The predicted molar refractivity (Wildman–Crippen MR) is 114 cm³/mol. The van der Waals surface area contributed by atoms with Crippen LogP contribution in [-0.4, -0.2) is 15.0 Å². The summed E-state index contributed by atoms with van der Waals surface area (Å²) >= 11 is 0. The van der Waals surface area contributed by atoms with Crippen LogP contribution < -0.4 is 0 Å². The normalized spacial score (nSPS) is 24.8. The lowest BCUT2D eigenvalue weighted by atomic mass is 9.55. The van der Waals surface area contributed by atoms with Gasteiger partial charge in [0.2, 0.25) is 0 Å². The smallest absolute Gasteiger partial charge is 0.266 e. The van der Waals surface area contributed by atoms with Crippen molar-refractivity contribution in [3.8, 4) is 0 Å². The molecule has 0 radical (unpaired) electrons. The maximum absolute atomic E-state index is 12.8. The maximum atomic E-state index is 12.8. The average molecular weight is 405 g/mol. The van der Waals surface area contributed by atoms with E-state index in [0.29, 0.717) is 5.92 Å². The van der Waals surface area contributed by atoms with E-state index in [2.05, 4.69) is 55.5 Å². The second kappa shape index (κ2) is 6.82. The van der Waals surface area contributed by atoms with Gasteiger partial charge in [0, 0.05) is 11.8 Å². The largest absolute Gasteiger partial charge is 0.296 e. The molecule has 4 heteroatoms. The molecule has 3 aromatic rings. The lowest BCUT2D eigenvalue weighted by Gasteiger charge is -2.49. The molecule has 2 bridgehead atoms. The third-order valence-corrected chi connectivity index (χ3v) is 7.98. The van der Waals surface area contributed by atoms with Crippen LogP contribution in [0, 0.1) is 18.8 Å². The Labute approximate surface area is 172 Å². The molecule has 3 aliphatic carbocycles. The van der Waals surface area contributed by atoms with Crippen molar-refractivity contribution in [3.05, 3.63) is 101 Å². The molecule has 0 amide bonds. The van der Waals surface area contributed by atoms with E-state index in [9.17, 15) is 8.42 Å². The first kappa shape index (κ1) is 18.6.